The van der Waals surface area contributed by atoms with E-state index < -0.39 is 200 Å². The number of aliphatic hydroxyl groups excluding tert-OH is 2. The Labute approximate surface area is 652 Å². The lowest BCUT2D eigenvalue weighted by molar-refractivity contribution is -0.142. The topological polar surface area (TPSA) is 692 Å². The SMILES string of the molecule is CC[C@H](C)[C@H](NC(=O)[C@H](CCCN=C(N)N)NC(=O)CNC(=O)CNC(=O)[C@H](Cc1ccccc1)NC(=O)[C@H](CS)NC(=O)[C@H](CO)NC(=O)[C@@H](N)CO)C(=O)N[C@@H](CC(=O)O)C(=O)N[C@@H](CCCN=C(N)N)C(=O)N[C@H](C(=O)N[C@@H](CS)C(=O)N[C@@H](Cc1ccccc1)C(=O)N[C@H](C=O)CCCN=C(N)N)[C@@H](C)CC. The lowest BCUT2D eigenvalue weighted by Crippen LogP contribution is -2.62. The van der Waals surface area contributed by atoms with Gasteiger partial charge in [-0.3, -0.25) is 82.1 Å². The van der Waals surface area contributed by atoms with Crippen LogP contribution in [0.2, 0.25) is 0 Å². The number of benzene rings is 2. The molecule has 0 aromatic heterocycles. The maximum absolute atomic E-state index is 14.5. The Bertz CT molecular complexity index is 3500. The first kappa shape index (κ1) is 96.2. The normalized spacial score (nSPS) is 14.6. The molecule has 0 saturated heterocycles. The van der Waals surface area contributed by atoms with E-state index in [9.17, 15) is 87.2 Å². The zero-order valence-electron chi connectivity index (χ0n) is 62.3. The smallest absolute Gasteiger partial charge is 0.305 e. The van der Waals surface area contributed by atoms with Gasteiger partial charge in [-0.25, -0.2) is 0 Å². The number of guanidine groups is 3. The van der Waals surface area contributed by atoms with Crippen molar-refractivity contribution in [2.75, 3.05) is 57.4 Å². The van der Waals surface area contributed by atoms with Crippen LogP contribution in [-0.4, -0.2) is 252 Å². The van der Waals surface area contributed by atoms with E-state index in [0.29, 0.717) is 23.8 Å². The van der Waals surface area contributed by atoms with E-state index in [1.807, 2.05) is 0 Å². The number of hydrogen-bond donors (Lipinski definition) is 25. The quantitative estimate of drug-likeness (QED) is 0.00961. The highest BCUT2D eigenvalue weighted by molar-refractivity contribution is 7.80. The Morgan fingerprint density at radius 3 is 1.20 bits per heavy atom. The third-order valence-electron chi connectivity index (χ3n) is 16.9. The molecule has 43 heteroatoms. The summed E-state index contributed by atoms with van der Waals surface area (Å²) in [5, 5.41) is 61.0. The fourth-order valence-corrected chi connectivity index (χ4v) is 10.8. The third-order valence-corrected chi connectivity index (χ3v) is 17.6. The summed E-state index contributed by atoms with van der Waals surface area (Å²) in [6.07, 6.45) is -0.350. The maximum Gasteiger partial charge on any atom is 0.305 e. The van der Waals surface area contributed by atoms with Gasteiger partial charge in [0.1, 0.15) is 72.7 Å². The number of rotatable bonds is 53. The highest BCUT2D eigenvalue weighted by atomic mass is 32.1. The average Bonchev–Trinajstić information content (AvgIpc) is 0.877. The van der Waals surface area contributed by atoms with E-state index in [0.717, 1.165) is 0 Å². The molecule has 0 fully saturated rings. The number of aliphatic hydroxyl groups is 2. The summed E-state index contributed by atoms with van der Waals surface area (Å²) in [4.78, 5) is 216. The zero-order chi connectivity index (χ0) is 83.3. The van der Waals surface area contributed by atoms with Crippen LogP contribution in [0, 0.1) is 11.8 Å². The Hall–Kier alpha value is -10.9. The zero-order valence-corrected chi connectivity index (χ0v) is 64.1. The molecule has 616 valence electrons. The molecule has 0 spiro atoms. The van der Waals surface area contributed by atoms with E-state index in [1.165, 1.54) is 6.92 Å². The summed E-state index contributed by atoms with van der Waals surface area (Å²) in [7, 11) is 0. The molecule has 0 radical (unpaired) electrons. The standard InChI is InChI=1S/C68H109N23O18S2/c1-5-36(3)53(90-57(101)42(21-14-24-77-67(72)73)82-51(96)30-79-50(95)29-80-56(100)44(26-38-16-9-7-10-17-38)84-62(106)48(34-110)88-61(105)47(33-94)87-55(99)41(69)32-93)64(108)86-46(28-52(97)98)60(104)83-43(22-15-25-78-68(74)75)58(102)91-54(37(4)6-2)65(109)89-49(35-111)63(107)85-45(27-39-18-11-8-12-19-39)59(103)81-40(31-92)20-13-23-76-66(70)71/h7-12,16-19,31,36-37,40-49,53-54,93-94,110-111H,5-6,13-15,20-30,32-35,69H2,1-4H3,(H,79,95)(H,80,100)(H,81,103)(H,82,96)(H,83,104)(H,84,106)(H,85,107)(H,86,108)(H,87,99)(H,88,105)(H,89,109)(H,90,101)(H,91,102)(H,97,98)(H4,70,71,76)(H4,72,73,77)(H4,74,75,78)/t36-,37-,40-,41-,42-,43-,44-,45-,46-,47-,48-,49-,53-,54-/m0/s1. The molecule has 0 saturated carbocycles. The van der Waals surface area contributed by atoms with Crippen molar-refractivity contribution in [1.29, 1.82) is 0 Å². The predicted molar refractivity (Wildman–Crippen MR) is 414 cm³/mol. The highest BCUT2D eigenvalue weighted by Gasteiger charge is 2.38. The minimum absolute atomic E-state index is 0.0114. The van der Waals surface area contributed by atoms with Crippen molar-refractivity contribution in [3.8, 4) is 0 Å². The van der Waals surface area contributed by atoms with E-state index in [-0.39, 0.29) is 107 Å². The van der Waals surface area contributed by atoms with Gasteiger partial charge in [0.25, 0.3) is 0 Å². The summed E-state index contributed by atoms with van der Waals surface area (Å²) in [5.41, 5.74) is 39.6. The van der Waals surface area contributed by atoms with Gasteiger partial charge in [-0.1, -0.05) is 101 Å². The lowest BCUT2D eigenvalue weighted by atomic mass is 9.96. The van der Waals surface area contributed by atoms with Crippen LogP contribution in [0.15, 0.2) is 75.6 Å². The molecule has 0 aliphatic heterocycles. The predicted octanol–water partition coefficient (Wildman–Crippen LogP) is -8.86. The fourth-order valence-electron chi connectivity index (χ4n) is 10.3. The molecule has 2 aromatic rings. The highest BCUT2D eigenvalue weighted by Crippen LogP contribution is 2.15. The van der Waals surface area contributed by atoms with Crippen molar-refractivity contribution in [3.63, 3.8) is 0 Å². The van der Waals surface area contributed by atoms with Crippen LogP contribution in [0.3, 0.4) is 0 Å². The van der Waals surface area contributed by atoms with Crippen molar-refractivity contribution in [3.05, 3.63) is 71.8 Å². The lowest BCUT2D eigenvalue weighted by Gasteiger charge is -2.30. The summed E-state index contributed by atoms with van der Waals surface area (Å²) >= 11 is 8.45. The summed E-state index contributed by atoms with van der Waals surface area (Å²) in [6.45, 7) is 3.18. The summed E-state index contributed by atoms with van der Waals surface area (Å²) in [5.74, 6) is -17.2. The van der Waals surface area contributed by atoms with Gasteiger partial charge >= 0.3 is 5.97 Å². The van der Waals surface area contributed by atoms with Gasteiger partial charge in [-0.15, -0.1) is 0 Å². The fraction of sp³-hybridized carbons (Fsp3) is 0.559. The van der Waals surface area contributed by atoms with Crippen molar-refractivity contribution in [2.45, 2.75) is 171 Å². The monoisotopic (exact) mass is 1600 g/mol. The number of hydrogen-bond acceptors (Lipinski definition) is 23. The number of thiol groups is 2. The van der Waals surface area contributed by atoms with Crippen molar-refractivity contribution in [2.24, 2.45) is 66.9 Å². The number of amides is 13. The van der Waals surface area contributed by atoms with Crippen LogP contribution in [0.4, 0.5) is 0 Å². The van der Waals surface area contributed by atoms with E-state index >= 15 is 0 Å². The second-order valence-corrected chi connectivity index (χ2v) is 26.4. The molecule has 0 bridgehead atoms. The van der Waals surface area contributed by atoms with Crippen LogP contribution in [0.5, 0.6) is 0 Å². The first-order valence-corrected chi connectivity index (χ1v) is 36.9. The summed E-state index contributed by atoms with van der Waals surface area (Å²) in [6, 6.07) is -0.921. The first-order chi connectivity index (χ1) is 52.6. The van der Waals surface area contributed by atoms with E-state index in [4.69, 9.17) is 40.1 Å². The van der Waals surface area contributed by atoms with Crippen LogP contribution in [-0.2, 0) is 84.8 Å². The molecule has 2 aromatic carbocycles. The Morgan fingerprint density at radius 2 is 0.784 bits per heavy atom. The van der Waals surface area contributed by atoms with Crippen LogP contribution < -0.4 is 109 Å². The number of carbonyl (C=O) groups is 15. The minimum Gasteiger partial charge on any atom is -0.481 e. The Balaban J connectivity index is 2.40. The Morgan fingerprint density at radius 1 is 0.423 bits per heavy atom. The number of carboxylic acid groups (broad SMARTS) is 1. The van der Waals surface area contributed by atoms with Crippen LogP contribution in [0.25, 0.3) is 0 Å². The second-order valence-electron chi connectivity index (χ2n) is 25.7. The van der Waals surface area contributed by atoms with Crippen molar-refractivity contribution < 1.29 is 87.2 Å². The number of carbonyl (C=O) groups excluding carboxylic acids is 14. The van der Waals surface area contributed by atoms with Gasteiger partial charge in [0.05, 0.1) is 38.8 Å². The van der Waals surface area contributed by atoms with Gasteiger partial charge in [0, 0.05) is 44.0 Å². The molecular formula is C68H109N23O18S2. The van der Waals surface area contributed by atoms with Crippen molar-refractivity contribution in [1.82, 2.24) is 69.1 Å². The molecule has 0 unspecified atom stereocenters. The molecule has 2 rings (SSSR count). The van der Waals surface area contributed by atoms with Crippen molar-refractivity contribution >= 4 is 132 Å². The summed E-state index contributed by atoms with van der Waals surface area (Å²) < 4.78 is 0. The number of nitrogens with zero attached hydrogens (tertiary/aromatic N) is 3. The molecule has 0 aliphatic carbocycles. The molecule has 13 amide bonds. The van der Waals surface area contributed by atoms with Crippen LogP contribution >= 0.6 is 25.3 Å². The molecule has 111 heavy (non-hydrogen) atoms. The number of aldehydes is 1. The molecular weight excluding hydrogens is 1490 g/mol. The second kappa shape index (κ2) is 52.2. The first-order valence-electron chi connectivity index (χ1n) is 35.6. The number of carboxylic acids is 1. The van der Waals surface area contributed by atoms with Gasteiger partial charge in [-0.05, 0) is 61.5 Å². The molecule has 0 aliphatic rings. The number of aliphatic imine (C=N–C) groups is 3. The largest absolute Gasteiger partial charge is 0.481 e. The van der Waals surface area contributed by atoms with Crippen LogP contribution in [0.1, 0.15) is 96.6 Å². The molecule has 30 N–H and O–H groups in total. The molecule has 14 atom stereocenters. The van der Waals surface area contributed by atoms with Gasteiger partial charge in [-0.2, -0.15) is 25.3 Å². The van der Waals surface area contributed by atoms with Gasteiger partial charge in [0.2, 0.25) is 76.8 Å². The minimum atomic E-state index is -1.97. The van der Waals surface area contributed by atoms with E-state index in [2.05, 4.69) is 109 Å². The van der Waals surface area contributed by atoms with E-state index in [1.54, 1.807) is 81.4 Å². The average molecular weight is 1600 g/mol. The Kier molecular flexibility index (Phi) is 45.3. The molecule has 41 nitrogen and oxygen atoms in total. The van der Waals surface area contributed by atoms with Gasteiger partial charge < -0.3 is 129 Å². The van der Waals surface area contributed by atoms with Gasteiger partial charge in [0.15, 0.2) is 17.9 Å². The molecule has 0 heterocycles. The number of aliphatic carboxylic acids is 1. The number of nitrogens with one attached hydrogen (secondary N) is 13. The third kappa shape index (κ3) is 37.4. The maximum atomic E-state index is 14.5. The number of nitrogens with two attached hydrogens (primary N) is 7.